The molecule has 0 aliphatic heterocycles. The summed E-state index contributed by atoms with van der Waals surface area (Å²) in [4.78, 5) is 12.0. The van der Waals surface area contributed by atoms with E-state index in [1.807, 2.05) is 27.7 Å². The molecule has 0 heterocycles. The molecule has 1 aromatic rings. The van der Waals surface area contributed by atoms with E-state index in [1.54, 1.807) is 7.05 Å². The number of hydrogen-bond acceptors (Lipinski definition) is 2. The molecule has 0 aliphatic carbocycles. The van der Waals surface area contributed by atoms with E-state index in [1.165, 1.54) is 5.56 Å². The van der Waals surface area contributed by atoms with Gasteiger partial charge in [0, 0.05) is 7.05 Å². The van der Waals surface area contributed by atoms with Crippen LogP contribution in [0.5, 0.6) is 0 Å². The molecular formula is C13H20N2O. The van der Waals surface area contributed by atoms with Gasteiger partial charge in [0.15, 0.2) is 0 Å². The van der Waals surface area contributed by atoms with Gasteiger partial charge in [-0.3, -0.25) is 10.2 Å². The van der Waals surface area contributed by atoms with Crippen molar-refractivity contribution < 1.29 is 4.79 Å². The minimum absolute atomic E-state index is 0.0244. The van der Waals surface area contributed by atoms with Crippen LogP contribution in [-0.2, 0) is 10.2 Å². The highest BCUT2D eigenvalue weighted by atomic mass is 16.2. The van der Waals surface area contributed by atoms with Crippen LogP contribution in [0.25, 0.3) is 0 Å². The first-order valence-corrected chi connectivity index (χ1v) is 5.44. The Balaban J connectivity index is 3.15. The third-order valence-corrected chi connectivity index (χ3v) is 2.87. The van der Waals surface area contributed by atoms with Crippen LogP contribution >= 0.6 is 0 Å². The Bertz CT molecular complexity index is 397. The molecule has 3 nitrogen and oxygen atoms in total. The Morgan fingerprint density at radius 3 is 2.44 bits per heavy atom. The number of rotatable bonds is 3. The van der Waals surface area contributed by atoms with Gasteiger partial charge in [-0.25, -0.2) is 5.43 Å². The average Bonchev–Trinajstić information content (AvgIpc) is 2.22. The second kappa shape index (κ2) is 4.66. The van der Waals surface area contributed by atoms with Gasteiger partial charge in [-0.05, 0) is 38.8 Å². The molecule has 0 atom stereocenters. The lowest BCUT2D eigenvalue weighted by Crippen LogP contribution is -2.45. The van der Waals surface area contributed by atoms with Crippen molar-refractivity contribution in [3.05, 3.63) is 34.9 Å². The maximum absolute atomic E-state index is 12.0. The zero-order valence-electron chi connectivity index (χ0n) is 10.6. The minimum atomic E-state index is -0.529. The number of carbonyl (C=O) groups is 1. The Labute approximate surface area is 97.2 Å². The van der Waals surface area contributed by atoms with Crippen LogP contribution in [-0.4, -0.2) is 13.0 Å². The average molecular weight is 220 g/mol. The molecule has 0 bridgehead atoms. The summed E-state index contributed by atoms with van der Waals surface area (Å²) in [6, 6.07) is 6.19. The summed E-state index contributed by atoms with van der Waals surface area (Å²) >= 11 is 0. The summed E-state index contributed by atoms with van der Waals surface area (Å²) in [7, 11) is 1.69. The van der Waals surface area contributed by atoms with Crippen LogP contribution in [0.1, 0.15) is 30.5 Å². The first kappa shape index (κ1) is 12.7. The van der Waals surface area contributed by atoms with Crippen LogP contribution in [0.4, 0.5) is 0 Å². The lowest BCUT2D eigenvalue weighted by atomic mass is 9.80. The van der Waals surface area contributed by atoms with E-state index < -0.39 is 5.41 Å². The van der Waals surface area contributed by atoms with Crippen LogP contribution in [0.2, 0.25) is 0 Å². The van der Waals surface area contributed by atoms with Gasteiger partial charge in [-0.2, -0.15) is 0 Å². The van der Waals surface area contributed by atoms with Gasteiger partial charge >= 0.3 is 0 Å². The quantitative estimate of drug-likeness (QED) is 0.763. The molecule has 0 fully saturated rings. The SMILES string of the molecule is CNNC(=O)C(C)(C)c1cc(C)ccc1C. The van der Waals surface area contributed by atoms with Crippen molar-refractivity contribution in [1.82, 2.24) is 10.9 Å². The highest BCUT2D eigenvalue weighted by molar-refractivity contribution is 5.87. The molecule has 2 N–H and O–H groups in total. The van der Waals surface area contributed by atoms with Crippen molar-refractivity contribution in [2.24, 2.45) is 0 Å². The van der Waals surface area contributed by atoms with Crippen LogP contribution in [0, 0.1) is 13.8 Å². The molecule has 3 heteroatoms. The van der Waals surface area contributed by atoms with E-state index in [0.29, 0.717) is 0 Å². The summed E-state index contributed by atoms with van der Waals surface area (Å²) in [6.07, 6.45) is 0. The highest BCUT2D eigenvalue weighted by Gasteiger charge is 2.30. The lowest BCUT2D eigenvalue weighted by molar-refractivity contribution is -0.126. The topological polar surface area (TPSA) is 41.1 Å². The monoisotopic (exact) mass is 220 g/mol. The summed E-state index contributed by atoms with van der Waals surface area (Å²) in [6.45, 7) is 7.93. The van der Waals surface area contributed by atoms with E-state index in [-0.39, 0.29) is 5.91 Å². The summed E-state index contributed by atoms with van der Waals surface area (Å²) < 4.78 is 0. The third-order valence-electron chi connectivity index (χ3n) is 2.87. The molecule has 88 valence electrons. The predicted molar refractivity (Wildman–Crippen MR) is 66.1 cm³/mol. The Hall–Kier alpha value is -1.35. The number of hydrogen-bond donors (Lipinski definition) is 2. The minimum Gasteiger partial charge on any atom is -0.291 e. The van der Waals surface area contributed by atoms with Crippen molar-refractivity contribution in [2.75, 3.05) is 7.05 Å². The number of hydrazine groups is 1. The van der Waals surface area contributed by atoms with E-state index in [0.717, 1.165) is 11.1 Å². The standard InChI is InChI=1S/C13H20N2O/c1-9-6-7-10(2)11(8-9)13(3,4)12(16)15-14-5/h6-8,14H,1-5H3,(H,15,16). The third kappa shape index (κ3) is 2.42. The summed E-state index contributed by atoms with van der Waals surface area (Å²) in [5, 5.41) is 0. The smallest absolute Gasteiger partial charge is 0.244 e. The van der Waals surface area contributed by atoms with Gasteiger partial charge in [0.2, 0.25) is 5.91 Å². The molecule has 0 spiro atoms. The van der Waals surface area contributed by atoms with Crippen LogP contribution < -0.4 is 10.9 Å². The van der Waals surface area contributed by atoms with Gasteiger partial charge in [-0.1, -0.05) is 23.8 Å². The molecule has 16 heavy (non-hydrogen) atoms. The van der Waals surface area contributed by atoms with Gasteiger partial charge in [0.05, 0.1) is 5.41 Å². The number of benzene rings is 1. The zero-order valence-corrected chi connectivity index (χ0v) is 10.6. The fourth-order valence-corrected chi connectivity index (χ4v) is 1.80. The molecule has 1 rings (SSSR count). The van der Waals surface area contributed by atoms with Crippen molar-refractivity contribution in [1.29, 1.82) is 0 Å². The zero-order chi connectivity index (χ0) is 12.3. The molecule has 0 radical (unpaired) electrons. The predicted octanol–water partition coefficient (Wildman–Crippen LogP) is 1.83. The van der Waals surface area contributed by atoms with Crippen LogP contribution in [0.3, 0.4) is 0 Å². The number of carbonyl (C=O) groups excluding carboxylic acids is 1. The highest BCUT2D eigenvalue weighted by Crippen LogP contribution is 2.27. The van der Waals surface area contributed by atoms with Gasteiger partial charge in [0.25, 0.3) is 0 Å². The molecule has 1 aromatic carbocycles. The van der Waals surface area contributed by atoms with E-state index >= 15 is 0 Å². The van der Waals surface area contributed by atoms with Crippen molar-refractivity contribution >= 4 is 5.91 Å². The maximum atomic E-state index is 12.0. The Morgan fingerprint density at radius 1 is 1.25 bits per heavy atom. The Kier molecular flexibility index (Phi) is 3.70. The van der Waals surface area contributed by atoms with Crippen molar-refractivity contribution in [2.45, 2.75) is 33.1 Å². The van der Waals surface area contributed by atoms with Crippen LogP contribution in [0.15, 0.2) is 18.2 Å². The van der Waals surface area contributed by atoms with Crippen molar-refractivity contribution in [3.63, 3.8) is 0 Å². The van der Waals surface area contributed by atoms with Crippen molar-refractivity contribution in [3.8, 4) is 0 Å². The molecule has 0 saturated carbocycles. The van der Waals surface area contributed by atoms with Gasteiger partial charge in [-0.15, -0.1) is 0 Å². The second-order valence-corrected chi connectivity index (χ2v) is 4.65. The fourth-order valence-electron chi connectivity index (χ4n) is 1.80. The molecular weight excluding hydrogens is 200 g/mol. The van der Waals surface area contributed by atoms with Gasteiger partial charge in [0.1, 0.15) is 0 Å². The van der Waals surface area contributed by atoms with E-state index in [2.05, 4.69) is 29.1 Å². The van der Waals surface area contributed by atoms with Gasteiger partial charge < -0.3 is 0 Å². The molecule has 0 unspecified atom stereocenters. The summed E-state index contributed by atoms with van der Waals surface area (Å²) in [5.41, 5.74) is 8.17. The largest absolute Gasteiger partial charge is 0.291 e. The Morgan fingerprint density at radius 2 is 1.88 bits per heavy atom. The normalized spacial score (nSPS) is 11.3. The maximum Gasteiger partial charge on any atom is 0.244 e. The lowest BCUT2D eigenvalue weighted by Gasteiger charge is -2.26. The number of aryl methyl sites for hydroxylation is 2. The van der Waals surface area contributed by atoms with E-state index in [9.17, 15) is 4.79 Å². The summed E-state index contributed by atoms with van der Waals surface area (Å²) in [5.74, 6) is -0.0244. The molecule has 0 saturated heterocycles. The first-order chi connectivity index (χ1) is 7.39. The number of nitrogens with one attached hydrogen (secondary N) is 2. The fraction of sp³-hybridized carbons (Fsp3) is 0.462. The molecule has 1 amide bonds. The van der Waals surface area contributed by atoms with E-state index in [4.69, 9.17) is 0 Å². The molecule has 0 aromatic heterocycles. The second-order valence-electron chi connectivity index (χ2n) is 4.65. The molecule has 0 aliphatic rings. The number of amides is 1. The first-order valence-electron chi connectivity index (χ1n) is 5.44.